The molecule has 0 saturated carbocycles. The number of hydrogen-bond donors (Lipinski definition) is 3. The molecule has 1 aromatic heterocycles. The van der Waals surface area contributed by atoms with Gasteiger partial charge in [0.1, 0.15) is 28.3 Å². The molecule has 0 spiro atoms. The minimum absolute atomic E-state index is 0.0257. The van der Waals surface area contributed by atoms with Gasteiger partial charge in [-0.2, -0.15) is 4.98 Å². The Hall–Kier alpha value is -3.49. The summed E-state index contributed by atoms with van der Waals surface area (Å²) in [4.78, 5) is 23.3. The lowest BCUT2D eigenvalue weighted by Gasteiger charge is -2.20. The molecular weight excluding hydrogens is 606 g/mol. The fraction of sp³-hybridized carbons (Fsp3) is 0.433. The van der Waals surface area contributed by atoms with Gasteiger partial charge in [0.15, 0.2) is 5.82 Å². The van der Waals surface area contributed by atoms with E-state index in [1.807, 2.05) is 26.0 Å². The number of rotatable bonds is 12. The van der Waals surface area contributed by atoms with Gasteiger partial charge in [-0.1, -0.05) is 37.6 Å². The molecule has 1 aliphatic heterocycles. The van der Waals surface area contributed by atoms with Gasteiger partial charge in [-0.15, -0.1) is 0 Å². The van der Waals surface area contributed by atoms with Gasteiger partial charge in [0.25, 0.3) is 0 Å². The number of nitrogens with two attached hydrogens (primary N) is 1. The van der Waals surface area contributed by atoms with Crippen LogP contribution in [0.4, 0.5) is 23.1 Å². The van der Waals surface area contributed by atoms with Crippen molar-refractivity contribution >= 4 is 50.7 Å². The van der Waals surface area contributed by atoms with E-state index in [4.69, 9.17) is 26.8 Å². The normalized spacial score (nSPS) is 14.6. The van der Waals surface area contributed by atoms with E-state index in [-0.39, 0.29) is 33.6 Å². The number of methoxy groups -OCH3 is 1. The Morgan fingerprint density at radius 1 is 1.11 bits per heavy atom. The second-order valence-corrected chi connectivity index (χ2v) is 13.6. The molecule has 44 heavy (non-hydrogen) atoms. The van der Waals surface area contributed by atoms with Gasteiger partial charge in [0.2, 0.25) is 16.0 Å². The molecule has 4 rings (SSSR count). The number of ether oxygens (including phenoxy) is 2. The predicted octanol–water partition coefficient (Wildman–Crippen LogP) is 3.80. The molecule has 0 fully saturated rings. The molecule has 0 saturated heterocycles. The maximum Gasteiger partial charge on any atom is 0.323 e. The number of carbonyl (C=O) groups is 1. The molecule has 0 bridgehead atoms. The predicted molar refractivity (Wildman–Crippen MR) is 172 cm³/mol. The lowest BCUT2D eigenvalue weighted by Crippen LogP contribution is -2.38. The monoisotopic (exact) mass is 645 g/mol. The summed E-state index contributed by atoms with van der Waals surface area (Å²) in [7, 11) is 0.826. The third-order valence-corrected chi connectivity index (χ3v) is 9.60. The first-order valence-electron chi connectivity index (χ1n) is 14.3. The minimum atomic E-state index is -3.72. The van der Waals surface area contributed by atoms with Crippen LogP contribution in [0, 0.1) is 5.92 Å². The minimum Gasteiger partial charge on any atom is -0.495 e. The van der Waals surface area contributed by atoms with Crippen LogP contribution < -0.4 is 21.1 Å². The largest absolute Gasteiger partial charge is 0.495 e. The van der Waals surface area contributed by atoms with Crippen LogP contribution in [0.3, 0.4) is 0 Å². The fourth-order valence-electron chi connectivity index (χ4n) is 4.69. The van der Waals surface area contributed by atoms with Crippen LogP contribution in [0.15, 0.2) is 47.5 Å². The number of esters is 1. The van der Waals surface area contributed by atoms with Gasteiger partial charge >= 0.3 is 5.97 Å². The number of nitrogens with zero attached hydrogens (tertiary/aromatic N) is 4. The first kappa shape index (κ1) is 33.4. The third-order valence-electron chi connectivity index (χ3n) is 7.45. The number of aromatic nitrogens is 2. The van der Waals surface area contributed by atoms with E-state index in [9.17, 15) is 13.2 Å². The number of nitrogens with one attached hydrogen (secondary N) is 2. The summed E-state index contributed by atoms with van der Waals surface area (Å²) in [6.07, 6.45) is 3.04. The number of carbonyl (C=O) groups excluding carboxylic acids is 1. The van der Waals surface area contributed by atoms with Crippen LogP contribution in [0.2, 0.25) is 5.02 Å². The first-order valence-corrected chi connectivity index (χ1v) is 16.1. The van der Waals surface area contributed by atoms with Crippen molar-refractivity contribution in [2.75, 3.05) is 58.1 Å². The standard InChI is InChI=1S/C30H40ClN7O5S/c1-19(2)27(32)29(39)43-15-14-38-12-10-20-16-24(25(42-5)17-21(20)11-13-38)35-30-33-18-22(31)28(36-30)34-23-8-6-7-9-26(23)44(40,41)37(3)4/h6-9,16-19,27H,10-15,32H2,1-5H3,(H2,33,34,35,36). The molecule has 1 aliphatic rings. The van der Waals surface area contributed by atoms with Crippen molar-refractivity contribution in [3.05, 3.63) is 58.7 Å². The summed E-state index contributed by atoms with van der Waals surface area (Å²) in [6.45, 7) is 6.32. The summed E-state index contributed by atoms with van der Waals surface area (Å²) >= 11 is 6.41. The number of fused-ring (bicyclic) bond motifs is 1. The van der Waals surface area contributed by atoms with Crippen LogP contribution in [-0.4, -0.2) is 87.0 Å². The van der Waals surface area contributed by atoms with E-state index in [1.54, 1.807) is 25.3 Å². The Labute approximate surface area is 264 Å². The molecule has 1 atom stereocenters. The van der Waals surface area contributed by atoms with Crippen molar-refractivity contribution in [2.45, 2.75) is 37.6 Å². The number of hydrogen-bond acceptors (Lipinski definition) is 11. The number of para-hydroxylation sites is 1. The number of benzene rings is 2. The molecule has 14 heteroatoms. The number of halogens is 1. The molecule has 0 aliphatic carbocycles. The molecule has 0 radical (unpaired) electrons. The van der Waals surface area contributed by atoms with E-state index in [0.717, 1.165) is 35.8 Å². The highest BCUT2D eigenvalue weighted by atomic mass is 35.5. The van der Waals surface area contributed by atoms with Crippen molar-refractivity contribution in [2.24, 2.45) is 11.7 Å². The summed E-state index contributed by atoms with van der Waals surface area (Å²) in [5.41, 5.74) is 9.23. The smallest absolute Gasteiger partial charge is 0.323 e. The van der Waals surface area contributed by atoms with E-state index < -0.39 is 16.1 Å². The fourth-order valence-corrected chi connectivity index (χ4v) is 5.87. The van der Waals surface area contributed by atoms with Crippen molar-refractivity contribution < 1.29 is 22.7 Å². The number of sulfonamides is 1. The highest BCUT2D eigenvalue weighted by Crippen LogP contribution is 2.34. The Kier molecular flexibility index (Phi) is 11.0. The van der Waals surface area contributed by atoms with Crippen LogP contribution in [0.1, 0.15) is 25.0 Å². The van der Waals surface area contributed by atoms with Crippen molar-refractivity contribution in [3.63, 3.8) is 0 Å². The van der Waals surface area contributed by atoms with E-state index in [1.165, 1.54) is 31.9 Å². The maximum absolute atomic E-state index is 12.9. The highest BCUT2D eigenvalue weighted by molar-refractivity contribution is 7.89. The molecule has 238 valence electrons. The summed E-state index contributed by atoms with van der Waals surface area (Å²) in [5.74, 6) is 0.774. The average Bonchev–Trinajstić information content (AvgIpc) is 3.19. The second-order valence-electron chi connectivity index (χ2n) is 11.0. The molecule has 0 amide bonds. The molecular formula is C30H40ClN7O5S. The van der Waals surface area contributed by atoms with Crippen LogP contribution in [0.5, 0.6) is 5.75 Å². The molecule has 2 aromatic carbocycles. The van der Waals surface area contributed by atoms with Crippen molar-refractivity contribution in [1.29, 1.82) is 0 Å². The number of anilines is 4. The average molecular weight is 646 g/mol. The summed E-state index contributed by atoms with van der Waals surface area (Å²) < 4.78 is 38.0. The van der Waals surface area contributed by atoms with Gasteiger partial charge in [0, 0.05) is 33.7 Å². The topological polar surface area (TPSA) is 152 Å². The zero-order valence-electron chi connectivity index (χ0n) is 25.6. The zero-order valence-corrected chi connectivity index (χ0v) is 27.2. The quantitative estimate of drug-likeness (QED) is 0.247. The van der Waals surface area contributed by atoms with E-state index in [2.05, 4.69) is 25.5 Å². The third kappa shape index (κ3) is 7.96. The van der Waals surface area contributed by atoms with Crippen LogP contribution >= 0.6 is 11.6 Å². The molecule has 1 unspecified atom stereocenters. The molecule has 2 heterocycles. The first-order chi connectivity index (χ1) is 20.9. The van der Waals surface area contributed by atoms with Gasteiger partial charge in [-0.3, -0.25) is 9.69 Å². The van der Waals surface area contributed by atoms with E-state index in [0.29, 0.717) is 30.3 Å². The van der Waals surface area contributed by atoms with Gasteiger partial charge < -0.3 is 25.8 Å². The Balaban J connectivity index is 1.48. The van der Waals surface area contributed by atoms with Gasteiger partial charge in [0.05, 0.1) is 24.7 Å². The summed E-state index contributed by atoms with van der Waals surface area (Å²) in [5, 5.41) is 6.50. The maximum atomic E-state index is 12.9. The van der Waals surface area contributed by atoms with Crippen LogP contribution in [0.25, 0.3) is 0 Å². The van der Waals surface area contributed by atoms with Crippen LogP contribution in [-0.2, 0) is 32.4 Å². The Morgan fingerprint density at radius 3 is 2.45 bits per heavy atom. The lowest BCUT2D eigenvalue weighted by molar-refractivity contribution is -0.146. The van der Waals surface area contributed by atoms with Crippen molar-refractivity contribution in [3.8, 4) is 5.75 Å². The lowest BCUT2D eigenvalue weighted by atomic mass is 10.0. The van der Waals surface area contributed by atoms with E-state index >= 15 is 0 Å². The second kappa shape index (κ2) is 14.5. The summed E-state index contributed by atoms with van der Waals surface area (Å²) in [6, 6.07) is 9.96. The Morgan fingerprint density at radius 2 is 1.80 bits per heavy atom. The molecule has 4 N–H and O–H groups in total. The van der Waals surface area contributed by atoms with Crippen molar-refractivity contribution in [1.82, 2.24) is 19.2 Å². The SMILES string of the molecule is COc1cc2c(cc1Nc1ncc(Cl)c(Nc3ccccc3S(=O)(=O)N(C)C)n1)CCN(CCOC(=O)C(N)C(C)C)CC2. The highest BCUT2D eigenvalue weighted by Gasteiger charge is 2.23. The molecule has 12 nitrogen and oxygen atoms in total. The zero-order chi connectivity index (χ0) is 32.0. The molecule has 3 aromatic rings. The van der Waals surface area contributed by atoms with Gasteiger partial charge in [-0.25, -0.2) is 17.7 Å². The van der Waals surface area contributed by atoms with Gasteiger partial charge in [-0.05, 0) is 54.2 Å². The Bertz CT molecular complexity index is 1590.